The average molecular weight is 477 g/mol. The van der Waals surface area contributed by atoms with Crippen molar-refractivity contribution < 1.29 is 19.1 Å². The molecule has 0 saturated carbocycles. The largest absolute Gasteiger partial charge is 0.497 e. The molecule has 7 heteroatoms. The number of nitrogens with zero attached hydrogens (tertiary/aromatic N) is 2. The number of hydrogen-bond acceptors (Lipinski definition) is 5. The molecule has 2 aromatic carbocycles. The number of benzene rings is 2. The second-order valence-electron chi connectivity index (χ2n) is 8.62. The summed E-state index contributed by atoms with van der Waals surface area (Å²) in [5, 5.41) is -0.203. The number of imide groups is 1. The summed E-state index contributed by atoms with van der Waals surface area (Å²) in [6.07, 6.45) is 1.82. The number of aromatic nitrogens is 1. The monoisotopic (exact) mass is 476 g/mol. The van der Waals surface area contributed by atoms with E-state index in [-0.39, 0.29) is 17.1 Å². The van der Waals surface area contributed by atoms with E-state index >= 15 is 0 Å². The van der Waals surface area contributed by atoms with E-state index < -0.39 is 0 Å². The van der Waals surface area contributed by atoms with Gasteiger partial charge in [0.1, 0.15) is 17.2 Å². The van der Waals surface area contributed by atoms with Crippen molar-refractivity contribution in [3.63, 3.8) is 0 Å². The molecule has 6 nitrogen and oxygen atoms in total. The second-order valence-corrected chi connectivity index (χ2v) is 9.61. The third-order valence-corrected chi connectivity index (χ3v) is 6.48. The lowest BCUT2D eigenvalue weighted by Crippen LogP contribution is -2.31. The highest BCUT2D eigenvalue weighted by Crippen LogP contribution is 2.34. The van der Waals surface area contributed by atoms with E-state index in [4.69, 9.17) is 9.47 Å². The third kappa shape index (κ3) is 4.89. The Labute approximate surface area is 204 Å². The van der Waals surface area contributed by atoms with Gasteiger partial charge >= 0.3 is 0 Å². The smallest absolute Gasteiger partial charge is 0.293 e. The Morgan fingerprint density at radius 1 is 0.941 bits per heavy atom. The molecule has 1 aromatic heterocycles. The molecule has 0 unspecified atom stereocenters. The summed E-state index contributed by atoms with van der Waals surface area (Å²) in [6, 6.07) is 17.3. The first-order valence-electron chi connectivity index (χ1n) is 11.1. The van der Waals surface area contributed by atoms with Crippen molar-refractivity contribution in [2.45, 2.75) is 27.7 Å². The standard InChI is InChI=1S/C27H28N2O4S/c1-17(2)16-28-26(30)25(34-27(28)31)15-20-14-18(3)29(19(20)4)21-6-8-23(9-7-21)33-24-12-10-22(32-5)11-13-24/h6-15,17H,16H2,1-5H3/b25-15-. The number of thioether (sulfide) groups is 1. The molecule has 1 aliphatic rings. The second kappa shape index (κ2) is 9.81. The molecule has 0 aliphatic carbocycles. The lowest BCUT2D eigenvalue weighted by molar-refractivity contribution is -0.123. The fourth-order valence-electron chi connectivity index (χ4n) is 3.94. The van der Waals surface area contributed by atoms with Crippen LogP contribution in [0.3, 0.4) is 0 Å². The van der Waals surface area contributed by atoms with Crippen LogP contribution in [-0.2, 0) is 4.79 Å². The Kier molecular flexibility index (Phi) is 6.84. The van der Waals surface area contributed by atoms with Crippen LogP contribution in [0, 0.1) is 19.8 Å². The van der Waals surface area contributed by atoms with Crippen LogP contribution < -0.4 is 9.47 Å². The van der Waals surface area contributed by atoms with Crippen LogP contribution in [0.25, 0.3) is 11.8 Å². The van der Waals surface area contributed by atoms with Gasteiger partial charge in [-0.15, -0.1) is 0 Å². The Bertz CT molecular complexity index is 1240. The van der Waals surface area contributed by atoms with Crippen molar-refractivity contribution in [2.75, 3.05) is 13.7 Å². The van der Waals surface area contributed by atoms with Gasteiger partial charge in [-0.25, -0.2) is 0 Å². The van der Waals surface area contributed by atoms with Crippen molar-refractivity contribution in [3.8, 4) is 22.9 Å². The van der Waals surface area contributed by atoms with Crippen molar-refractivity contribution in [2.24, 2.45) is 5.92 Å². The normalized spacial score (nSPS) is 15.0. The molecule has 2 heterocycles. The number of carbonyl (C=O) groups excluding carboxylic acids is 2. The number of amides is 2. The molecular weight excluding hydrogens is 448 g/mol. The van der Waals surface area contributed by atoms with E-state index in [1.54, 1.807) is 7.11 Å². The van der Waals surface area contributed by atoms with E-state index in [2.05, 4.69) is 4.57 Å². The predicted molar refractivity (Wildman–Crippen MR) is 136 cm³/mol. The molecule has 1 aliphatic heterocycles. The van der Waals surface area contributed by atoms with Gasteiger partial charge in [-0.2, -0.15) is 0 Å². The van der Waals surface area contributed by atoms with Gasteiger partial charge in [-0.1, -0.05) is 13.8 Å². The molecule has 1 fully saturated rings. The van der Waals surface area contributed by atoms with E-state index in [9.17, 15) is 9.59 Å². The quantitative estimate of drug-likeness (QED) is 0.360. The van der Waals surface area contributed by atoms with Crippen LogP contribution in [0.2, 0.25) is 0 Å². The maximum absolute atomic E-state index is 12.7. The molecule has 0 radical (unpaired) electrons. The Morgan fingerprint density at radius 3 is 2.12 bits per heavy atom. The molecule has 3 aromatic rings. The van der Waals surface area contributed by atoms with E-state index in [1.165, 1.54) is 4.90 Å². The highest BCUT2D eigenvalue weighted by molar-refractivity contribution is 8.18. The fraction of sp³-hybridized carbons (Fsp3) is 0.259. The fourth-order valence-corrected chi connectivity index (χ4v) is 4.78. The lowest BCUT2D eigenvalue weighted by atomic mass is 10.2. The summed E-state index contributed by atoms with van der Waals surface area (Å²) in [7, 11) is 1.63. The number of ether oxygens (including phenoxy) is 2. The lowest BCUT2D eigenvalue weighted by Gasteiger charge is -2.14. The molecule has 1 saturated heterocycles. The SMILES string of the molecule is COc1ccc(Oc2ccc(-n3c(C)cc(/C=C4\SC(=O)N(CC(C)C)C4=O)c3C)cc2)cc1. The first-order valence-corrected chi connectivity index (χ1v) is 11.9. The summed E-state index contributed by atoms with van der Waals surface area (Å²) >= 11 is 1.01. The molecule has 2 amide bonds. The van der Waals surface area contributed by atoms with Crippen molar-refractivity contribution in [1.29, 1.82) is 0 Å². The van der Waals surface area contributed by atoms with Gasteiger partial charge in [-0.05, 0) is 97.8 Å². The number of hydrogen-bond donors (Lipinski definition) is 0. The van der Waals surface area contributed by atoms with Gasteiger partial charge in [0.05, 0.1) is 12.0 Å². The molecule has 0 atom stereocenters. The molecule has 34 heavy (non-hydrogen) atoms. The summed E-state index contributed by atoms with van der Waals surface area (Å²) in [5.74, 6) is 2.26. The van der Waals surface area contributed by atoms with Crippen LogP contribution in [0.4, 0.5) is 4.79 Å². The zero-order chi connectivity index (χ0) is 24.4. The highest BCUT2D eigenvalue weighted by Gasteiger charge is 2.35. The first-order chi connectivity index (χ1) is 16.3. The van der Waals surface area contributed by atoms with Crippen LogP contribution in [0.15, 0.2) is 59.5 Å². The summed E-state index contributed by atoms with van der Waals surface area (Å²) in [4.78, 5) is 26.8. The topological polar surface area (TPSA) is 60.8 Å². The highest BCUT2D eigenvalue weighted by atomic mass is 32.2. The van der Waals surface area contributed by atoms with Crippen LogP contribution in [0.5, 0.6) is 17.2 Å². The van der Waals surface area contributed by atoms with Gasteiger partial charge in [0, 0.05) is 23.6 Å². The van der Waals surface area contributed by atoms with Crippen molar-refractivity contribution >= 4 is 29.0 Å². The zero-order valence-electron chi connectivity index (χ0n) is 20.0. The maximum atomic E-state index is 12.7. The zero-order valence-corrected chi connectivity index (χ0v) is 20.8. The minimum atomic E-state index is -0.214. The molecule has 0 N–H and O–H groups in total. The number of methoxy groups -OCH3 is 1. The third-order valence-electron chi connectivity index (χ3n) is 5.57. The van der Waals surface area contributed by atoms with E-state index in [1.807, 2.05) is 88.4 Å². The maximum Gasteiger partial charge on any atom is 0.293 e. The van der Waals surface area contributed by atoms with Gasteiger partial charge < -0.3 is 14.0 Å². The number of carbonyl (C=O) groups is 2. The first kappa shape index (κ1) is 23.7. The molecular formula is C27H28N2O4S. The molecule has 0 bridgehead atoms. The van der Waals surface area contributed by atoms with Gasteiger partial charge in [0.25, 0.3) is 11.1 Å². The Balaban J connectivity index is 1.55. The van der Waals surface area contributed by atoms with Gasteiger partial charge in [-0.3, -0.25) is 14.5 Å². The van der Waals surface area contributed by atoms with E-state index in [0.717, 1.165) is 51.6 Å². The summed E-state index contributed by atoms with van der Waals surface area (Å²) in [6.45, 7) is 8.46. The predicted octanol–water partition coefficient (Wildman–Crippen LogP) is 6.59. The van der Waals surface area contributed by atoms with Crippen molar-refractivity contribution in [3.05, 3.63) is 76.5 Å². The Hall–Kier alpha value is -3.45. The molecule has 176 valence electrons. The minimum absolute atomic E-state index is 0.203. The van der Waals surface area contributed by atoms with Gasteiger partial charge in [0.2, 0.25) is 0 Å². The minimum Gasteiger partial charge on any atom is -0.497 e. The van der Waals surface area contributed by atoms with Crippen LogP contribution in [-0.4, -0.2) is 34.3 Å². The van der Waals surface area contributed by atoms with Gasteiger partial charge in [0.15, 0.2) is 0 Å². The summed E-state index contributed by atoms with van der Waals surface area (Å²) in [5.41, 5.74) is 3.95. The molecule has 4 rings (SSSR count). The molecule has 0 spiro atoms. The average Bonchev–Trinajstić information content (AvgIpc) is 3.24. The Morgan fingerprint density at radius 2 is 1.53 bits per heavy atom. The summed E-state index contributed by atoms with van der Waals surface area (Å²) < 4.78 is 13.2. The number of aryl methyl sites for hydroxylation is 1. The van der Waals surface area contributed by atoms with E-state index in [0.29, 0.717) is 11.4 Å². The number of rotatable bonds is 7. The van der Waals surface area contributed by atoms with Crippen molar-refractivity contribution in [1.82, 2.24) is 9.47 Å². The van der Waals surface area contributed by atoms with Crippen LogP contribution in [0.1, 0.15) is 30.8 Å². The van der Waals surface area contributed by atoms with Crippen LogP contribution >= 0.6 is 11.8 Å².